The fraction of sp³-hybridized carbons (Fsp3) is 0.375. The first-order chi connectivity index (χ1) is 7.60. The van der Waals surface area contributed by atoms with E-state index in [2.05, 4.69) is 30.9 Å². The lowest BCUT2D eigenvalue weighted by Crippen LogP contribution is -2.20. The predicted molar refractivity (Wildman–Crippen MR) is 64.4 cm³/mol. The van der Waals surface area contributed by atoms with Crippen molar-refractivity contribution >= 4 is 44.1 Å². The molecule has 16 heavy (non-hydrogen) atoms. The molecule has 0 fully saturated rings. The second-order valence-corrected chi connectivity index (χ2v) is 4.87. The SMILES string of the molecule is CCOC(=O)C(=NOC)c1nc(N)sc1Br. The van der Waals surface area contributed by atoms with E-state index in [1.54, 1.807) is 6.92 Å². The Hall–Kier alpha value is -1.15. The molecule has 0 aliphatic rings. The van der Waals surface area contributed by atoms with Gasteiger partial charge in [-0.2, -0.15) is 0 Å². The van der Waals surface area contributed by atoms with Gasteiger partial charge in [-0.05, 0) is 22.9 Å². The van der Waals surface area contributed by atoms with Crippen LogP contribution in [0.3, 0.4) is 0 Å². The standard InChI is InChI=1S/C8H10BrN3O3S/c1-3-15-7(13)5(12-14-2)4-6(9)16-8(10)11-4/h3H2,1-2H3,(H2,10,11). The van der Waals surface area contributed by atoms with E-state index in [9.17, 15) is 4.79 Å². The number of hydrogen-bond acceptors (Lipinski definition) is 7. The van der Waals surface area contributed by atoms with Gasteiger partial charge in [0.25, 0.3) is 0 Å². The first-order valence-corrected chi connectivity index (χ1v) is 5.91. The van der Waals surface area contributed by atoms with Gasteiger partial charge in [0.2, 0.25) is 5.71 Å². The molecule has 1 aromatic rings. The summed E-state index contributed by atoms with van der Waals surface area (Å²) in [7, 11) is 1.34. The number of nitrogens with zero attached hydrogens (tertiary/aromatic N) is 2. The molecule has 6 nitrogen and oxygen atoms in total. The summed E-state index contributed by atoms with van der Waals surface area (Å²) in [6.07, 6.45) is 0. The third kappa shape index (κ3) is 2.92. The van der Waals surface area contributed by atoms with Gasteiger partial charge in [0.1, 0.15) is 16.6 Å². The third-order valence-electron chi connectivity index (χ3n) is 1.48. The Kier molecular flexibility index (Phi) is 4.69. The first-order valence-electron chi connectivity index (χ1n) is 4.30. The Morgan fingerprint density at radius 3 is 2.81 bits per heavy atom. The number of nitrogens with two attached hydrogens (primary N) is 1. The number of nitrogen functional groups attached to an aromatic ring is 1. The summed E-state index contributed by atoms with van der Waals surface area (Å²) < 4.78 is 5.43. The fourth-order valence-corrected chi connectivity index (χ4v) is 2.26. The Morgan fingerprint density at radius 2 is 2.38 bits per heavy atom. The van der Waals surface area contributed by atoms with Crippen LogP contribution < -0.4 is 5.73 Å². The highest BCUT2D eigenvalue weighted by Crippen LogP contribution is 2.27. The number of oxime groups is 1. The molecule has 0 aliphatic heterocycles. The van der Waals surface area contributed by atoms with Gasteiger partial charge in [0.15, 0.2) is 5.13 Å². The minimum Gasteiger partial charge on any atom is -0.461 e. The number of rotatable bonds is 4. The van der Waals surface area contributed by atoms with Gasteiger partial charge >= 0.3 is 5.97 Å². The van der Waals surface area contributed by atoms with Crippen molar-refractivity contribution in [2.45, 2.75) is 6.92 Å². The monoisotopic (exact) mass is 307 g/mol. The van der Waals surface area contributed by atoms with Crippen molar-refractivity contribution in [2.24, 2.45) is 5.16 Å². The average molecular weight is 308 g/mol. The summed E-state index contributed by atoms with van der Waals surface area (Å²) in [6, 6.07) is 0. The van der Waals surface area contributed by atoms with E-state index in [0.29, 0.717) is 14.6 Å². The summed E-state index contributed by atoms with van der Waals surface area (Å²) >= 11 is 4.44. The van der Waals surface area contributed by atoms with Crippen LogP contribution in [0.2, 0.25) is 0 Å². The number of anilines is 1. The highest BCUT2D eigenvalue weighted by Gasteiger charge is 2.23. The van der Waals surface area contributed by atoms with Crippen molar-refractivity contribution in [1.29, 1.82) is 0 Å². The second kappa shape index (κ2) is 5.80. The molecule has 0 unspecified atom stereocenters. The van der Waals surface area contributed by atoms with Gasteiger partial charge in [-0.1, -0.05) is 16.5 Å². The van der Waals surface area contributed by atoms with Crippen LogP contribution >= 0.6 is 27.3 Å². The zero-order valence-corrected chi connectivity index (χ0v) is 11.1. The summed E-state index contributed by atoms with van der Waals surface area (Å²) in [4.78, 5) is 20.1. The van der Waals surface area contributed by atoms with Crippen LogP contribution in [0.5, 0.6) is 0 Å². The van der Waals surface area contributed by atoms with Gasteiger partial charge in [0, 0.05) is 0 Å². The molecule has 1 rings (SSSR count). The van der Waals surface area contributed by atoms with Crippen molar-refractivity contribution < 1.29 is 14.4 Å². The Balaban J connectivity index is 3.08. The smallest absolute Gasteiger partial charge is 0.362 e. The van der Waals surface area contributed by atoms with Crippen LogP contribution in [-0.4, -0.2) is 30.4 Å². The zero-order chi connectivity index (χ0) is 12.1. The average Bonchev–Trinajstić information content (AvgIpc) is 2.54. The molecular formula is C8H10BrN3O3S. The molecule has 1 aromatic heterocycles. The summed E-state index contributed by atoms with van der Waals surface area (Å²) in [5.41, 5.74) is 5.83. The summed E-state index contributed by atoms with van der Waals surface area (Å²) in [5.74, 6) is -0.602. The normalized spacial score (nSPS) is 11.3. The molecular weight excluding hydrogens is 298 g/mol. The maximum absolute atomic E-state index is 11.6. The molecule has 0 aliphatic carbocycles. The fourth-order valence-electron chi connectivity index (χ4n) is 0.931. The van der Waals surface area contributed by atoms with E-state index >= 15 is 0 Å². The van der Waals surface area contributed by atoms with Crippen LogP contribution in [0.25, 0.3) is 0 Å². The lowest BCUT2D eigenvalue weighted by atomic mass is 10.3. The molecule has 88 valence electrons. The Morgan fingerprint density at radius 1 is 1.69 bits per heavy atom. The van der Waals surface area contributed by atoms with Crippen molar-refractivity contribution in [3.8, 4) is 0 Å². The van der Waals surface area contributed by atoms with Crippen LogP contribution in [0, 0.1) is 0 Å². The molecule has 0 bridgehead atoms. The quantitative estimate of drug-likeness (QED) is 0.516. The summed E-state index contributed by atoms with van der Waals surface area (Å²) in [5, 5.41) is 3.92. The van der Waals surface area contributed by atoms with Crippen LogP contribution in [0.15, 0.2) is 8.94 Å². The third-order valence-corrected chi connectivity index (χ3v) is 3.01. The number of esters is 1. The van der Waals surface area contributed by atoms with Gasteiger partial charge in [-0.15, -0.1) is 0 Å². The molecule has 0 saturated heterocycles. The van der Waals surface area contributed by atoms with Crippen molar-refractivity contribution in [2.75, 3.05) is 19.5 Å². The van der Waals surface area contributed by atoms with E-state index in [-0.39, 0.29) is 12.3 Å². The highest BCUT2D eigenvalue weighted by molar-refractivity contribution is 9.11. The van der Waals surface area contributed by atoms with E-state index in [0.717, 1.165) is 0 Å². The molecule has 0 saturated carbocycles. The zero-order valence-electron chi connectivity index (χ0n) is 8.69. The number of thiazole rings is 1. The second-order valence-electron chi connectivity index (χ2n) is 2.52. The van der Waals surface area contributed by atoms with E-state index < -0.39 is 5.97 Å². The van der Waals surface area contributed by atoms with Gasteiger partial charge in [0.05, 0.1) is 6.61 Å². The maximum atomic E-state index is 11.6. The highest BCUT2D eigenvalue weighted by atomic mass is 79.9. The molecule has 0 radical (unpaired) electrons. The molecule has 0 amide bonds. The molecule has 0 spiro atoms. The minimum atomic E-state index is -0.602. The number of carbonyl (C=O) groups is 1. The van der Waals surface area contributed by atoms with Crippen LogP contribution in [-0.2, 0) is 14.4 Å². The molecule has 0 atom stereocenters. The Bertz CT molecular complexity index is 419. The van der Waals surface area contributed by atoms with E-state index in [1.807, 2.05) is 0 Å². The number of carbonyl (C=O) groups excluding carboxylic acids is 1. The van der Waals surface area contributed by atoms with Crippen molar-refractivity contribution in [3.63, 3.8) is 0 Å². The van der Waals surface area contributed by atoms with Gasteiger partial charge < -0.3 is 15.3 Å². The largest absolute Gasteiger partial charge is 0.461 e. The summed E-state index contributed by atoms with van der Waals surface area (Å²) in [6.45, 7) is 1.95. The lowest BCUT2D eigenvalue weighted by Gasteiger charge is -2.02. The van der Waals surface area contributed by atoms with Crippen LogP contribution in [0.1, 0.15) is 12.6 Å². The van der Waals surface area contributed by atoms with Crippen molar-refractivity contribution in [3.05, 3.63) is 9.48 Å². The number of aromatic nitrogens is 1. The number of hydrogen-bond donors (Lipinski definition) is 1. The van der Waals surface area contributed by atoms with E-state index in [4.69, 9.17) is 10.5 Å². The van der Waals surface area contributed by atoms with Crippen LogP contribution in [0.4, 0.5) is 5.13 Å². The van der Waals surface area contributed by atoms with E-state index in [1.165, 1.54) is 18.4 Å². The Labute approximate surface area is 105 Å². The maximum Gasteiger partial charge on any atom is 0.362 e. The molecule has 2 N–H and O–H groups in total. The van der Waals surface area contributed by atoms with Gasteiger partial charge in [-0.25, -0.2) is 9.78 Å². The molecule has 1 heterocycles. The lowest BCUT2D eigenvalue weighted by molar-refractivity contribution is -0.135. The first kappa shape index (κ1) is 12.9. The number of halogens is 1. The molecule has 8 heteroatoms. The predicted octanol–water partition coefficient (Wildman–Crippen LogP) is 1.40. The van der Waals surface area contributed by atoms with Gasteiger partial charge in [-0.3, -0.25) is 0 Å². The molecule has 0 aromatic carbocycles. The topological polar surface area (TPSA) is 86.8 Å². The minimum absolute atomic E-state index is 0.0100. The number of ether oxygens (including phenoxy) is 1. The van der Waals surface area contributed by atoms with Crippen molar-refractivity contribution in [1.82, 2.24) is 4.98 Å².